The van der Waals surface area contributed by atoms with Crippen molar-refractivity contribution in [3.63, 3.8) is 0 Å². The van der Waals surface area contributed by atoms with Crippen LogP contribution in [0.5, 0.6) is 5.75 Å². The molecule has 0 spiro atoms. The first-order chi connectivity index (χ1) is 15.2. The summed E-state index contributed by atoms with van der Waals surface area (Å²) in [6, 6.07) is 15.3. The molecule has 9 nitrogen and oxygen atoms in total. The van der Waals surface area contributed by atoms with Crippen molar-refractivity contribution in [3.05, 3.63) is 81.7 Å². The smallest absolute Gasteiger partial charge is 0.344 e. The maximum Gasteiger partial charge on any atom is 0.344 e. The van der Waals surface area contributed by atoms with Crippen LogP contribution in [0.4, 0.5) is 11.4 Å². The third-order valence-corrected chi connectivity index (χ3v) is 7.68. The number of ether oxygens (including phenoxy) is 2. The quantitative estimate of drug-likeness (QED) is 0.259. The lowest BCUT2D eigenvalue weighted by molar-refractivity contribution is -0.385. The molecule has 0 aliphatic heterocycles. The molecule has 0 radical (unpaired) electrons. The first kappa shape index (κ1) is 23.2. The van der Waals surface area contributed by atoms with E-state index in [1.54, 1.807) is 48.7 Å². The summed E-state index contributed by atoms with van der Waals surface area (Å²) in [5.41, 5.74) is 0.840. The van der Waals surface area contributed by atoms with E-state index in [2.05, 4.69) is 0 Å². The molecule has 0 bridgehead atoms. The third-order valence-electron chi connectivity index (χ3n) is 4.53. The molecule has 168 valence electrons. The van der Waals surface area contributed by atoms with Gasteiger partial charge in [0.1, 0.15) is 16.1 Å². The molecule has 0 N–H and O–H groups in total. The van der Waals surface area contributed by atoms with Gasteiger partial charge in [0.2, 0.25) is 0 Å². The van der Waals surface area contributed by atoms with Gasteiger partial charge >= 0.3 is 5.97 Å². The van der Waals surface area contributed by atoms with Gasteiger partial charge in [0.25, 0.3) is 15.7 Å². The molecule has 3 aromatic rings. The Morgan fingerprint density at radius 1 is 1.16 bits per heavy atom. The highest BCUT2D eigenvalue weighted by Gasteiger charge is 2.22. The minimum absolute atomic E-state index is 0.0900. The first-order valence-corrected chi connectivity index (χ1v) is 11.7. The fourth-order valence-electron chi connectivity index (χ4n) is 2.77. The normalized spacial score (nSPS) is 12.1. The van der Waals surface area contributed by atoms with Gasteiger partial charge in [-0.3, -0.25) is 14.4 Å². The number of carbonyl (C=O) groups excluding carboxylic acids is 1. The van der Waals surface area contributed by atoms with Crippen LogP contribution in [0.15, 0.2) is 70.3 Å². The van der Waals surface area contributed by atoms with Gasteiger partial charge in [-0.1, -0.05) is 18.2 Å². The van der Waals surface area contributed by atoms with Crippen molar-refractivity contribution in [2.75, 3.05) is 18.0 Å². The molecule has 1 heterocycles. The number of nitro benzene ring substituents is 1. The summed E-state index contributed by atoms with van der Waals surface area (Å²) in [5.74, 6) is -0.291. The van der Waals surface area contributed by atoms with Crippen LogP contribution in [-0.4, -0.2) is 33.0 Å². The third kappa shape index (κ3) is 5.42. The van der Waals surface area contributed by atoms with Crippen molar-refractivity contribution in [1.82, 2.24) is 0 Å². The van der Waals surface area contributed by atoms with E-state index >= 15 is 0 Å². The number of thiophene rings is 1. The number of esters is 1. The number of anilines is 1. The number of hydrogen-bond acceptors (Lipinski definition) is 8. The number of nitrogens with zero attached hydrogens (tertiary/aromatic N) is 2. The number of rotatable bonds is 9. The number of nitro groups is 1. The standard InChI is InChI=1S/C21H20N2O7S2/c1-15(16-5-3-6-18(13-16)23(25)26)30-20(24)14-29-19-10-8-17(9-11-19)22(2)32(27,28)21-7-4-12-31-21/h3-13,15H,14H2,1-2H3. The van der Waals surface area contributed by atoms with Crippen LogP contribution in [-0.2, 0) is 19.6 Å². The van der Waals surface area contributed by atoms with Gasteiger partial charge in [-0.25, -0.2) is 13.2 Å². The fraction of sp³-hybridized carbons (Fsp3) is 0.190. The van der Waals surface area contributed by atoms with E-state index < -0.39 is 27.0 Å². The minimum atomic E-state index is -3.64. The van der Waals surface area contributed by atoms with Crippen LogP contribution >= 0.6 is 11.3 Å². The molecule has 11 heteroatoms. The monoisotopic (exact) mass is 476 g/mol. The number of benzene rings is 2. The summed E-state index contributed by atoms with van der Waals surface area (Å²) >= 11 is 1.13. The Morgan fingerprint density at radius 3 is 2.50 bits per heavy atom. The largest absolute Gasteiger partial charge is 0.482 e. The fourth-order valence-corrected chi connectivity index (χ4v) is 5.13. The number of carbonyl (C=O) groups is 1. The van der Waals surface area contributed by atoms with E-state index in [1.165, 1.54) is 31.3 Å². The second kappa shape index (κ2) is 9.79. The van der Waals surface area contributed by atoms with Crippen LogP contribution in [0.25, 0.3) is 0 Å². The zero-order valence-corrected chi connectivity index (χ0v) is 18.8. The Morgan fingerprint density at radius 2 is 1.88 bits per heavy atom. The number of hydrogen-bond donors (Lipinski definition) is 0. The first-order valence-electron chi connectivity index (χ1n) is 9.37. The Balaban J connectivity index is 1.56. The highest BCUT2D eigenvalue weighted by Crippen LogP contribution is 2.27. The second-order valence-corrected chi connectivity index (χ2v) is 9.82. The lowest BCUT2D eigenvalue weighted by atomic mass is 10.1. The number of non-ortho nitro benzene ring substituents is 1. The maximum atomic E-state index is 12.6. The molecule has 1 unspecified atom stereocenters. The molecular weight excluding hydrogens is 456 g/mol. The molecule has 0 fully saturated rings. The summed E-state index contributed by atoms with van der Waals surface area (Å²) in [6.07, 6.45) is -0.690. The lowest BCUT2D eigenvalue weighted by Crippen LogP contribution is -2.25. The van der Waals surface area contributed by atoms with E-state index in [1.807, 2.05) is 0 Å². The van der Waals surface area contributed by atoms with E-state index in [-0.39, 0.29) is 16.5 Å². The molecule has 0 aliphatic carbocycles. The van der Waals surface area contributed by atoms with Crippen molar-refractivity contribution >= 4 is 38.7 Å². The van der Waals surface area contributed by atoms with Crippen molar-refractivity contribution in [1.29, 1.82) is 0 Å². The van der Waals surface area contributed by atoms with E-state index in [0.717, 1.165) is 15.6 Å². The van der Waals surface area contributed by atoms with Gasteiger partial charge in [-0.15, -0.1) is 11.3 Å². The molecule has 0 amide bonds. The zero-order chi connectivity index (χ0) is 23.3. The van der Waals surface area contributed by atoms with Crippen molar-refractivity contribution in [2.24, 2.45) is 0 Å². The van der Waals surface area contributed by atoms with Crippen molar-refractivity contribution in [3.8, 4) is 5.75 Å². The van der Waals surface area contributed by atoms with Crippen LogP contribution in [0, 0.1) is 10.1 Å². The molecule has 1 aromatic heterocycles. The molecule has 2 aromatic carbocycles. The van der Waals surface area contributed by atoms with Gasteiger partial charge in [0.05, 0.1) is 10.6 Å². The molecule has 0 aliphatic rings. The van der Waals surface area contributed by atoms with Crippen molar-refractivity contribution in [2.45, 2.75) is 17.2 Å². The topological polar surface area (TPSA) is 116 Å². The Hall–Kier alpha value is -3.44. The van der Waals surface area contributed by atoms with Gasteiger partial charge < -0.3 is 9.47 Å². The molecule has 32 heavy (non-hydrogen) atoms. The minimum Gasteiger partial charge on any atom is -0.482 e. The van der Waals surface area contributed by atoms with E-state index in [0.29, 0.717) is 17.0 Å². The van der Waals surface area contributed by atoms with Gasteiger partial charge in [0, 0.05) is 19.2 Å². The second-order valence-electron chi connectivity index (χ2n) is 6.67. The molecule has 3 rings (SSSR count). The predicted octanol–water partition coefficient (Wildman–Crippen LogP) is 4.16. The van der Waals surface area contributed by atoms with E-state index in [9.17, 15) is 23.3 Å². The van der Waals surface area contributed by atoms with Gasteiger partial charge in [0.15, 0.2) is 6.61 Å². The van der Waals surface area contributed by atoms with Crippen LogP contribution < -0.4 is 9.04 Å². The molecular formula is C21H20N2O7S2. The molecule has 0 saturated carbocycles. The van der Waals surface area contributed by atoms with Crippen LogP contribution in [0.3, 0.4) is 0 Å². The number of sulfonamides is 1. The molecule has 1 atom stereocenters. The van der Waals surface area contributed by atoms with Crippen LogP contribution in [0.1, 0.15) is 18.6 Å². The highest BCUT2D eigenvalue weighted by molar-refractivity contribution is 7.94. The Labute approximate surface area is 189 Å². The summed E-state index contributed by atoms with van der Waals surface area (Å²) in [6.45, 7) is 1.23. The summed E-state index contributed by atoms with van der Waals surface area (Å²) in [4.78, 5) is 22.4. The average molecular weight is 477 g/mol. The van der Waals surface area contributed by atoms with Gasteiger partial charge in [-0.2, -0.15) is 0 Å². The average Bonchev–Trinajstić information content (AvgIpc) is 3.33. The predicted molar refractivity (Wildman–Crippen MR) is 119 cm³/mol. The lowest BCUT2D eigenvalue weighted by Gasteiger charge is -2.19. The van der Waals surface area contributed by atoms with Crippen LogP contribution in [0.2, 0.25) is 0 Å². The Kier molecular flexibility index (Phi) is 7.11. The van der Waals surface area contributed by atoms with Crippen molar-refractivity contribution < 1.29 is 27.6 Å². The maximum absolute atomic E-state index is 12.6. The summed E-state index contributed by atoms with van der Waals surface area (Å²) in [7, 11) is -2.18. The van der Waals surface area contributed by atoms with E-state index in [4.69, 9.17) is 9.47 Å². The highest BCUT2D eigenvalue weighted by atomic mass is 32.2. The zero-order valence-electron chi connectivity index (χ0n) is 17.2. The molecule has 0 saturated heterocycles. The van der Waals surface area contributed by atoms with Gasteiger partial charge in [-0.05, 0) is 48.2 Å². The SMILES string of the molecule is CC(OC(=O)COc1ccc(N(C)S(=O)(=O)c2cccs2)cc1)c1cccc([N+](=O)[O-])c1. The Bertz CT molecular complexity index is 1190. The summed E-state index contributed by atoms with van der Waals surface area (Å²) < 4.78 is 37.2. The summed E-state index contributed by atoms with van der Waals surface area (Å²) in [5, 5.41) is 12.6.